The van der Waals surface area contributed by atoms with Gasteiger partial charge < -0.3 is 15.8 Å². The van der Waals surface area contributed by atoms with Crippen molar-refractivity contribution in [3.8, 4) is 17.0 Å². The van der Waals surface area contributed by atoms with Gasteiger partial charge in [0.25, 0.3) is 12.3 Å². The molecular formula is C20H16Cl2F2N6O2S. The molecule has 3 aromatic heterocycles. The van der Waals surface area contributed by atoms with Crippen LogP contribution in [-0.2, 0) is 6.54 Å². The van der Waals surface area contributed by atoms with Crippen LogP contribution >= 0.6 is 34.5 Å². The lowest BCUT2D eigenvalue weighted by atomic mass is 10.1. The molecule has 13 heteroatoms. The molecule has 0 saturated heterocycles. The lowest BCUT2D eigenvalue weighted by Crippen LogP contribution is -2.27. The van der Waals surface area contributed by atoms with E-state index in [2.05, 4.69) is 20.4 Å². The van der Waals surface area contributed by atoms with Crippen molar-refractivity contribution in [1.82, 2.24) is 25.1 Å². The first-order chi connectivity index (χ1) is 15.8. The second kappa shape index (κ2) is 9.86. The average molecular weight is 513 g/mol. The number of aromatic nitrogens is 4. The van der Waals surface area contributed by atoms with E-state index in [0.717, 1.165) is 11.3 Å². The molecule has 1 amide bonds. The number of carbonyl (C=O) groups is 1. The molecule has 4 rings (SSSR count). The molecule has 0 aliphatic carbocycles. The van der Waals surface area contributed by atoms with E-state index in [1.807, 2.05) is 0 Å². The molecule has 0 saturated carbocycles. The SMILES string of the molecule is Nc1nc(-c2c(Cl)cc(Cl)cc2OCCn2cccn2)c2cc(C(=O)NCC(F)F)sc2n1. The van der Waals surface area contributed by atoms with Gasteiger partial charge in [0, 0.05) is 22.8 Å². The first-order valence-electron chi connectivity index (χ1n) is 9.55. The number of nitrogen functional groups attached to an aromatic ring is 1. The molecule has 0 spiro atoms. The molecule has 0 aliphatic rings. The first kappa shape index (κ1) is 23.1. The number of anilines is 1. The van der Waals surface area contributed by atoms with Crippen molar-refractivity contribution in [3.05, 3.63) is 51.6 Å². The molecule has 0 fully saturated rings. The van der Waals surface area contributed by atoms with E-state index in [4.69, 9.17) is 33.7 Å². The van der Waals surface area contributed by atoms with Gasteiger partial charge in [0.2, 0.25) is 5.95 Å². The van der Waals surface area contributed by atoms with Gasteiger partial charge in [0.05, 0.1) is 34.2 Å². The highest BCUT2D eigenvalue weighted by molar-refractivity contribution is 7.20. The van der Waals surface area contributed by atoms with E-state index in [1.165, 1.54) is 12.1 Å². The normalized spacial score (nSPS) is 11.3. The summed E-state index contributed by atoms with van der Waals surface area (Å²) >= 11 is 13.7. The van der Waals surface area contributed by atoms with Gasteiger partial charge in [-0.05, 0) is 24.3 Å². The second-order valence-corrected chi connectivity index (χ2v) is 8.61. The summed E-state index contributed by atoms with van der Waals surface area (Å²) in [5.41, 5.74) is 6.65. The van der Waals surface area contributed by atoms with Crippen molar-refractivity contribution < 1.29 is 18.3 Å². The summed E-state index contributed by atoms with van der Waals surface area (Å²) in [5, 5.41) is 7.38. The Balaban J connectivity index is 1.73. The zero-order valence-corrected chi connectivity index (χ0v) is 19.1. The molecule has 3 N–H and O–H groups in total. The van der Waals surface area contributed by atoms with Crippen molar-refractivity contribution in [1.29, 1.82) is 0 Å². The predicted octanol–water partition coefficient (Wildman–Crippen LogP) is 4.52. The smallest absolute Gasteiger partial charge is 0.261 e. The van der Waals surface area contributed by atoms with Crippen molar-refractivity contribution in [2.75, 3.05) is 18.9 Å². The maximum absolute atomic E-state index is 12.5. The number of hydrogen-bond donors (Lipinski definition) is 2. The number of alkyl halides is 2. The molecule has 4 aromatic rings. The topological polar surface area (TPSA) is 108 Å². The summed E-state index contributed by atoms with van der Waals surface area (Å²) in [5.74, 6) is -0.345. The van der Waals surface area contributed by atoms with E-state index in [-0.39, 0.29) is 22.5 Å². The van der Waals surface area contributed by atoms with E-state index in [1.54, 1.807) is 29.2 Å². The number of nitrogens with zero attached hydrogens (tertiary/aromatic N) is 4. The standard InChI is InChI=1S/C20H16Cl2F2N6O2S/c21-10-6-12(22)16(13(7-10)32-5-4-30-3-1-2-27-30)17-11-8-14(18(31)26-9-15(23)24)33-19(11)29-20(25)28-17/h1-3,6-8,15H,4-5,9H2,(H,26,31)(H2,25,28,29). The van der Waals surface area contributed by atoms with Crippen LogP contribution in [0.4, 0.5) is 14.7 Å². The lowest BCUT2D eigenvalue weighted by molar-refractivity contribution is 0.0895. The Labute approximate surface area is 200 Å². The van der Waals surface area contributed by atoms with Gasteiger partial charge in [-0.25, -0.2) is 18.7 Å². The van der Waals surface area contributed by atoms with Crippen LogP contribution in [0.1, 0.15) is 9.67 Å². The minimum absolute atomic E-state index is 0.0487. The van der Waals surface area contributed by atoms with Crippen LogP contribution in [0.3, 0.4) is 0 Å². The predicted molar refractivity (Wildman–Crippen MR) is 123 cm³/mol. The molecule has 33 heavy (non-hydrogen) atoms. The number of hydrogen-bond acceptors (Lipinski definition) is 7. The van der Waals surface area contributed by atoms with Gasteiger partial charge in [-0.15, -0.1) is 11.3 Å². The number of benzene rings is 1. The zero-order chi connectivity index (χ0) is 23.5. The Morgan fingerprint density at radius 1 is 1.27 bits per heavy atom. The molecule has 172 valence electrons. The third-order valence-corrected chi connectivity index (χ3v) is 5.99. The summed E-state index contributed by atoms with van der Waals surface area (Å²) in [4.78, 5) is 21.4. The molecule has 0 atom stereocenters. The van der Waals surface area contributed by atoms with Crippen molar-refractivity contribution in [2.45, 2.75) is 13.0 Å². The summed E-state index contributed by atoms with van der Waals surface area (Å²) in [6.45, 7) is -0.0181. The maximum atomic E-state index is 12.5. The quantitative estimate of drug-likeness (QED) is 0.359. The monoisotopic (exact) mass is 512 g/mol. The molecule has 8 nitrogen and oxygen atoms in total. The Kier molecular flexibility index (Phi) is 6.91. The van der Waals surface area contributed by atoms with E-state index in [9.17, 15) is 13.6 Å². The van der Waals surface area contributed by atoms with Crippen molar-refractivity contribution in [3.63, 3.8) is 0 Å². The van der Waals surface area contributed by atoms with E-state index < -0.39 is 18.9 Å². The van der Waals surface area contributed by atoms with E-state index >= 15 is 0 Å². The van der Waals surface area contributed by atoms with Gasteiger partial charge in [-0.2, -0.15) is 5.10 Å². The van der Waals surface area contributed by atoms with Gasteiger partial charge in [0.15, 0.2) is 0 Å². The fourth-order valence-electron chi connectivity index (χ4n) is 3.07. The Morgan fingerprint density at radius 3 is 2.82 bits per heavy atom. The molecule has 1 aromatic carbocycles. The summed E-state index contributed by atoms with van der Waals surface area (Å²) in [6, 6.07) is 6.44. The van der Waals surface area contributed by atoms with Gasteiger partial charge in [0.1, 0.15) is 17.2 Å². The first-order valence-corrected chi connectivity index (χ1v) is 11.1. The van der Waals surface area contributed by atoms with Gasteiger partial charge in [-0.1, -0.05) is 23.2 Å². The number of halogens is 4. The van der Waals surface area contributed by atoms with Crippen LogP contribution in [0.25, 0.3) is 21.5 Å². The van der Waals surface area contributed by atoms with Gasteiger partial charge in [-0.3, -0.25) is 9.48 Å². The molecule has 3 heterocycles. The lowest BCUT2D eigenvalue weighted by Gasteiger charge is -2.14. The minimum atomic E-state index is -2.66. The Hall–Kier alpha value is -3.02. The number of rotatable bonds is 8. The highest BCUT2D eigenvalue weighted by Crippen LogP contribution is 2.42. The summed E-state index contributed by atoms with van der Waals surface area (Å²) in [7, 11) is 0. The van der Waals surface area contributed by atoms with Crippen LogP contribution < -0.4 is 15.8 Å². The molecule has 0 radical (unpaired) electrons. The summed E-state index contributed by atoms with van der Waals surface area (Å²) < 4.78 is 32.6. The highest BCUT2D eigenvalue weighted by atomic mass is 35.5. The fraction of sp³-hybridized carbons (Fsp3) is 0.200. The van der Waals surface area contributed by atoms with Crippen LogP contribution in [-0.4, -0.2) is 45.2 Å². The number of amides is 1. The van der Waals surface area contributed by atoms with Crippen LogP contribution in [0, 0.1) is 0 Å². The van der Waals surface area contributed by atoms with Gasteiger partial charge >= 0.3 is 0 Å². The summed E-state index contributed by atoms with van der Waals surface area (Å²) in [6.07, 6.45) is 0.799. The molecular weight excluding hydrogens is 497 g/mol. The van der Waals surface area contributed by atoms with Crippen molar-refractivity contribution in [2.24, 2.45) is 0 Å². The fourth-order valence-corrected chi connectivity index (χ4v) is 4.59. The second-order valence-electron chi connectivity index (χ2n) is 6.74. The van der Waals surface area contributed by atoms with Crippen LogP contribution in [0.15, 0.2) is 36.7 Å². The third kappa shape index (κ3) is 5.32. The minimum Gasteiger partial charge on any atom is -0.491 e. The highest BCUT2D eigenvalue weighted by Gasteiger charge is 2.22. The average Bonchev–Trinajstić information content (AvgIpc) is 3.41. The Bertz CT molecular complexity index is 1300. The maximum Gasteiger partial charge on any atom is 0.261 e. The van der Waals surface area contributed by atoms with E-state index in [0.29, 0.717) is 38.8 Å². The van der Waals surface area contributed by atoms with Crippen molar-refractivity contribution >= 4 is 56.6 Å². The number of thiophene rings is 1. The number of fused-ring (bicyclic) bond motifs is 1. The van der Waals surface area contributed by atoms with Crippen LogP contribution in [0.2, 0.25) is 10.0 Å². The van der Waals surface area contributed by atoms with Crippen LogP contribution in [0.5, 0.6) is 5.75 Å². The number of nitrogens with two attached hydrogens (primary N) is 1. The molecule has 0 bridgehead atoms. The number of carbonyl (C=O) groups excluding carboxylic acids is 1. The number of nitrogens with one attached hydrogen (secondary N) is 1. The zero-order valence-electron chi connectivity index (χ0n) is 16.8. The Morgan fingerprint density at radius 2 is 2.09 bits per heavy atom. The molecule has 0 aliphatic heterocycles. The number of ether oxygens (including phenoxy) is 1. The molecule has 0 unspecified atom stereocenters. The largest absolute Gasteiger partial charge is 0.491 e. The third-order valence-electron chi connectivity index (χ3n) is 4.44.